The summed E-state index contributed by atoms with van der Waals surface area (Å²) >= 11 is 0. The van der Waals surface area contributed by atoms with Crippen molar-refractivity contribution >= 4 is 24.8 Å². The van der Waals surface area contributed by atoms with E-state index in [9.17, 15) is 0 Å². The largest absolute Gasteiger partial charge is 0.339 e. The number of halogens is 2. The third-order valence-electron chi connectivity index (χ3n) is 3.50. The van der Waals surface area contributed by atoms with Crippen molar-refractivity contribution in [3.8, 4) is 11.4 Å². The molecule has 3 N–H and O–H groups in total. The first kappa shape index (κ1) is 17.9. The number of aromatic nitrogens is 2. The zero-order valence-electron chi connectivity index (χ0n) is 11.6. The molecule has 1 aliphatic heterocycles. The van der Waals surface area contributed by atoms with Crippen molar-refractivity contribution < 1.29 is 4.52 Å². The van der Waals surface area contributed by atoms with Crippen molar-refractivity contribution in [2.24, 2.45) is 5.73 Å². The van der Waals surface area contributed by atoms with Gasteiger partial charge in [0.25, 0.3) is 0 Å². The van der Waals surface area contributed by atoms with Crippen LogP contribution in [0.2, 0.25) is 0 Å². The fourth-order valence-electron chi connectivity index (χ4n) is 2.39. The molecule has 0 amide bonds. The summed E-state index contributed by atoms with van der Waals surface area (Å²) in [6.07, 6.45) is 3.23. The Kier molecular flexibility index (Phi) is 7.11. The first-order chi connectivity index (χ1) is 9.35. The van der Waals surface area contributed by atoms with Crippen molar-refractivity contribution in [2.75, 3.05) is 6.54 Å². The summed E-state index contributed by atoms with van der Waals surface area (Å²) in [6, 6.07) is 8.41. The van der Waals surface area contributed by atoms with Crippen molar-refractivity contribution in [1.82, 2.24) is 15.5 Å². The molecule has 3 rings (SSSR count). The molecule has 1 aliphatic rings. The van der Waals surface area contributed by atoms with Gasteiger partial charge >= 0.3 is 0 Å². The van der Waals surface area contributed by atoms with Gasteiger partial charge in [0.05, 0.1) is 0 Å². The highest BCUT2D eigenvalue weighted by molar-refractivity contribution is 5.85. The van der Waals surface area contributed by atoms with E-state index in [1.54, 1.807) is 0 Å². The van der Waals surface area contributed by atoms with Gasteiger partial charge < -0.3 is 15.6 Å². The average molecular weight is 331 g/mol. The van der Waals surface area contributed by atoms with Crippen LogP contribution in [0.4, 0.5) is 0 Å². The van der Waals surface area contributed by atoms with Crippen LogP contribution in [0.25, 0.3) is 11.4 Å². The van der Waals surface area contributed by atoms with Crippen LogP contribution in [0.3, 0.4) is 0 Å². The maximum atomic E-state index is 5.58. The highest BCUT2D eigenvalue weighted by Gasteiger charge is 2.18. The molecular formula is C14H20Cl2N4O. The van der Waals surface area contributed by atoms with E-state index >= 15 is 0 Å². The molecule has 2 aromatic rings. The lowest BCUT2D eigenvalue weighted by Crippen LogP contribution is -2.23. The van der Waals surface area contributed by atoms with E-state index in [0.717, 1.165) is 24.1 Å². The minimum absolute atomic E-state index is 0. The highest BCUT2D eigenvalue weighted by Crippen LogP contribution is 2.18. The Hall–Kier alpha value is -1.14. The molecule has 1 fully saturated rings. The molecule has 0 aliphatic carbocycles. The number of hydrogen-bond acceptors (Lipinski definition) is 5. The molecule has 1 aromatic carbocycles. The Morgan fingerprint density at radius 3 is 2.62 bits per heavy atom. The van der Waals surface area contributed by atoms with Gasteiger partial charge in [0.1, 0.15) is 0 Å². The molecular weight excluding hydrogens is 311 g/mol. The summed E-state index contributed by atoms with van der Waals surface area (Å²) in [6.45, 7) is 1.64. The van der Waals surface area contributed by atoms with Crippen LogP contribution in [-0.2, 0) is 13.0 Å². The Bertz CT molecular complexity index is 538. The third kappa shape index (κ3) is 4.41. The van der Waals surface area contributed by atoms with Gasteiger partial charge in [-0.1, -0.05) is 29.4 Å². The molecule has 1 aromatic heterocycles. The zero-order chi connectivity index (χ0) is 13.1. The summed E-state index contributed by atoms with van der Waals surface area (Å²) in [5.74, 6) is 1.36. The topological polar surface area (TPSA) is 77.0 Å². The fraction of sp³-hybridized carbons (Fsp3) is 0.429. The molecule has 1 saturated heterocycles. The predicted octanol–water partition coefficient (Wildman–Crippen LogP) is 2.33. The smallest absolute Gasteiger partial charge is 0.228 e. The lowest BCUT2D eigenvalue weighted by Gasteiger charge is -2.04. The normalized spacial score (nSPS) is 17.1. The van der Waals surface area contributed by atoms with E-state index in [2.05, 4.69) is 15.5 Å². The Morgan fingerprint density at radius 1 is 1.24 bits per heavy atom. The van der Waals surface area contributed by atoms with Crippen LogP contribution in [0.1, 0.15) is 24.3 Å². The fourth-order valence-corrected chi connectivity index (χ4v) is 2.39. The standard InChI is InChI=1S/C14H18N4O.2ClH/c15-9-10-3-5-11(6-4-10)14-17-13(19-18-14)8-12-2-1-7-16-12;;/h3-6,12,16H,1-2,7-9,15H2;2*1H. The van der Waals surface area contributed by atoms with Crippen molar-refractivity contribution in [1.29, 1.82) is 0 Å². The minimum Gasteiger partial charge on any atom is -0.339 e. The Morgan fingerprint density at radius 2 is 2.00 bits per heavy atom. The maximum absolute atomic E-state index is 5.58. The summed E-state index contributed by atoms with van der Waals surface area (Å²) in [4.78, 5) is 4.45. The second-order valence-electron chi connectivity index (χ2n) is 4.91. The molecule has 7 heteroatoms. The van der Waals surface area contributed by atoms with Crippen LogP contribution in [0, 0.1) is 0 Å². The van der Waals surface area contributed by atoms with Gasteiger partial charge in [0.2, 0.25) is 11.7 Å². The third-order valence-corrected chi connectivity index (χ3v) is 3.50. The van der Waals surface area contributed by atoms with Crippen LogP contribution < -0.4 is 11.1 Å². The number of benzene rings is 1. The molecule has 0 saturated carbocycles. The van der Waals surface area contributed by atoms with E-state index in [-0.39, 0.29) is 24.8 Å². The number of nitrogens with zero attached hydrogens (tertiary/aromatic N) is 2. The van der Waals surface area contributed by atoms with Gasteiger partial charge in [-0.05, 0) is 24.9 Å². The minimum atomic E-state index is 0. The van der Waals surface area contributed by atoms with E-state index in [1.165, 1.54) is 12.8 Å². The van der Waals surface area contributed by atoms with E-state index in [0.29, 0.717) is 24.3 Å². The highest BCUT2D eigenvalue weighted by atomic mass is 35.5. The molecule has 1 atom stereocenters. The molecule has 116 valence electrons. The van der Waals surface area contributed by atoms with Crippen molar-refractivity contribution in [2.45, 2.75) is 31.8 Å². The average Bonchev–Trinajstić information content (AvgIpc) is 3.11. The molecule has 21 heavy (non-hydrogen) atoms. The molecule has 0 radical (unpaired) electrons. The van der Waals surface area contributed by atoms with Crippen LogP contribution in [0.15, 0.2) is 28.8 Å². The van der Waals surface area contributed by atoms with Crippen molar-refractivity contribution in [3.05, 3.63) is 35.7 Å². The zero-order valence-corrected chi connectivity index (χ0v) is 13.3. The van der Waals surface area contributed by atoms with Gasteiger partial charge in [0, 0.05) is 24.6 Å². The first-order valence-corrected chi connectivity index (χ1v) is 6.70. The van der Waals surface area contributed by atoms with Gasteiger partial charge in [-0.25, -0.2) is 0 Å². The molecule has 5 nitrogen and oxygen atoms in total. The molecule has 2 heterocycles. The monoisotopic (exact) mass is 330 g/mol. The van der Waals surface area contributed by atoms with E-state index in [1.807, 2.05) is 24.3 Å². The Balaban J connectivity index is 0.00000110. The van der Waals surface area contributed by atoms with Gasteiger partial charge in [-0.2, -0.15) is 4.98 Å². The number of nitrogens with two attached hydrogens (primary N) is 1. The van der Waals surface area contributed by atoms with Gasteiger partial charge in [0.15, 0.2) is 0 Å². The second kappa shape index (κ2) is 8.34. The van der Waals surface area contributed by atoms with Crippen molar-refractivity contribution in [3.63, 3.8) is 0 Å². The van der Waals surface area contributed by atoms with Crippen LogP contribution in [-0.4, -0.2) is 22.7 Å². The van der Waals surface area contributed by atoms with Gasteiger partial charge in [-0.15, -0.1) is 24.8 Å². The van der Waals surface area contributed by atoms with E-state index < -0.39 is 0 Å². The second-order valence-corrected chi connectivity index (χ2v) is 4.91. The maximum Gasteiger partial charge on any atom is 0.228 e. The predicted molar refractivity (Wildman–Crippen MR) is 86.9 cm³/mol. The molecule has 1 unspecified atom stereocenters. The van der Waals surface area contributed by atoms with Crippen LogP contribution in [0.5, 0.6) is 0 Å². The summed E-state index contributed by atoms with van der Waals surface area (Å²) in [7, 11) is 0. The summed E-state index contributed by atoms with van der Waals surface area (Å²) in [5.41, 5.74) is 7.64. The Labute approximate surface area is 136 Å². The number of nitrogens with one attached hydrogen (secondary N) is 1. The van der Waals surface area contributed by atoms with Gasteiger partial charge in [-0.3, -0.25) is 0 Å². The molecule has 0 spiro atoms. The quantitative estimate of drug-likeness (QED) is 0.899. The van der Waals surface area contributed by atoms with Crippen LogP contribution >= 0.6 is 24.8 Å². The lowest BCUT2D eigenvalue weighted by molar-refractivity contribution is 0.364. The van der Waals surface area contributed by atoms with E-state index in [4.69, 9.17) is 10.3 Å². The summed E-state index contributed by atoms with van der Waals surface area (Å²) in [5, 5.41) is 7.47. The lowest BCUT2D eigenvalue weighted by atomic mass is 10.1. The SMILES string of the molecule is Cl.Cl.NCc1ccc(-c2noc(CC3CCCN3)n2)cc1. The number of rotatable bonds is 4. The molecule has 0 bridgehead atoms. The number of hydrogen-bond donors (Lipinski definition) is 2. The summed E-state index contributed by atoms with van der Waals surface area (Å²) < 4.78 is 5.31. The first-order valence-electron chi connectivity index (χ1n) is 6.70.